The summed E-state index contributed by atoms with van der Waals surface area (Å²) < 4.78 is 24.5. The van der Waals surface area contributed by atoms with Gasteiger partial charge in [0.15, 0.2) is 5.82 Å². The van der Waals surface area contributed by atoms with Crippen molar-refractivity contribution < 1.29 is 8.78 Å². The SMILES string of the molecule is Cc1ccccc1CSc1n[nH]c(C(F)F)n1. The number of thioether (sulfide) groups is 1. The number of nitrogens with zero attached hydrogens (tertiary/aromatic N) is 2. The summed E-state index contributed by atoms with van der Waals surface area (Å²) in [6.45, 7) is 2.01. The summed E-state index contributed by atoms with van der Waals surface area (Å²) in [6.07, 6.45) is -2.60. The highest BCUT2D eigenvalue weighted by Gasteiger charge is 2.13. The smallest absolute Gasteiger partial charge is 0.257 e. The molecule has 0 amide bonds. The minimum absolute atomic E-state index is 0.351. The molecule has 1 aromatic heterocycles. The molecule has 3 nitrogen and oxygen atoms in total. The number of benzene rings is 1. The van der Waals surface area contributed by atoms with Crippen LogP contribution in [0, 0.1) is 6.92 Å². The Morgan fingerprint density at radius 3 is 2.76 bits per heavy atom. The minimum Gasteiger partial charge on any atom is -0.257 e. The largest absolute Gasteiger partial charge is 0.296 e. The zero-order chi connectivity index (χ0) is 12.3. The van der Waals surface area contributed by atoms with E-state index in [1.54, 1.807) is 0 Å². The zero-order valence-corrected chi connectivity index (χ0v) is 9.97. The summed E-state index contributed by atoms with van der Waals surface area (Å²) in [5.41, 5.74) is 2.32. The minimum atomic E-state index is -2.60. The summed E-state index contributed by atoms with van der Waals surface area (Å²) in [6, 6.07) is 7.93. The quantitative estimate of drug-likeness (QED) is 0.852. The van der Waals surface area contributed by atoms with E-state index in [4.69, 9.17) is 0 Å². The number of hydrogen-bond acceptors (Lipinski definition) is 3. The van der Waals surface area contributed by atoms with E-state index in [1.165, 1.54) is 17.3 Å². The van der Waals surface area contributed by atoms with Gasteiger partial charge in [-0.25, -0.2) is 13.8 Å². The van der Waals surface area contributed by atoms with Crippen LogP contribution >= 0.6 is 11.8 Å². The van der Waals surface area contributed by atoms with Crippen LogP contribution < -0.4 is 0 Å². The Balaban J connectivity index is 2.00. The monoisotopic (exact) mass is 255 g/mol. The molecule has 1 N–H and O–H groups in total. The molecule has 6 heteroatoms. The van der Waals surface area contributed by atoms with Crippen LogP contribution in [0.2, 0.25) is 0 Å². The molecule has 1 aromatic carbocycles. The van der Waals surface area contributed by atoms with Crippen molar-refractivity contribution in [2.24, 2.45) is 0 Å². The third-order valence-corrected chi connectivity index (χ3v) is 3.20. The van der Waals surface area contributed by atoms with E-state index in [2.05, 4.69) is 15.2 Å². The average Bonchev–Trinajstić information content (AvgIpc) is 2.77. The first kappa shape index (κ1) is 12.0. The molecular weight excluding hydrogens is 244 g/mol. The molecule has 0 saturated carbocycles. The number of H-pyrrole nitrogens is 1. The Hall–Kier alpha value is -1.43. The highest BCUT2D eigenvalue weighted by Crippen LogP contribution is 2.23. The topological polar surface area (TPSA) is 41.6 Å². The van der Waals surface area contributed by atoms with Gasteiger partial charge >= 0.3 is 0 Å². The van der Waals surface area contributed by atoms with Gasteiger partial charge in [-0.05, 0) is 18.1 Å². The van der Waals surface area contributed by atoms with Gasteiger partial charge in [0.05, 0.1) is 0 Å². The fourth-order valence-electron chi connectivity index (χ4n) is 1.33. The summed E-state index contributed by atoms with van der Waals surface area (Å²) in [7, 11) is 0. The molecule has 0 radical (unpaired) electrons. The van der Waals surface area contributed by atoms with Gasteiger partial charge in [-0.15, -0.1) is 5.10 Å². The number of aryl methyl sites for hydroxylation is 1. The third kappa shape index (κ3) is 3.03. The second-order valence-electron chi connectivity index (χ2n) is 3.52. The van der Waals surface area contributed by atoms with Crippen LogP contribution in [0.5, 0.6) is 0 Å². The summed E-state index contributed by atoms with van der Waals surface area (Å²) in [4.78, 5) is 3.70. The number of aromatic amines is 1. The molecule has 0 spiro atoms. The van der Waals surface area contributed by atoms with E-state index in [0.29, 0.717) is 10.9 Å². The van der Waals surface area contributed by atoms with Crippen LogP contribution in [0.4, 0.5) is 8.78 Å². The fourth-order valence-corrected chi connectivity index (χ4v) is 2.22. The van der Waals surface area contributed by atoms with Gasteiger partial charge in [0.1, 0.15) is 0 Å². The third-order valence-electron chi connectivity index (χ3n) is 2.31. The molecule has 0 aliphatic carbocycles. The first-order valence-electron chi connectivity index (χ1n) is 5.04. The van der Waals surface area contributed by atoms with Gasteiger partial charge in [0.25, 0.3) is 6.43 Å². The van der Waals surface area contributed by atoms with Crippen LogP contribution in [-0.2, 0) is 5.75 Å². The molecule has 90 valence electrons. The van der Waals surface area contributed by atoms with Crippen molar-refractivity contribution in [2.75, 3.05) is 0 Å². The molecule has 0 aliphatic heterocycles. The van der Waals surface area contributed by atoms with Crippen molar-refractivity contribution in [1.82, 2.24) is 15.2 Å². The van der Waals surface area contributed by atoms with Gasteiger partial charge in [-0.2, -0.15) is 0 Å². The zero-order valence-electron chi connectivity index (χ0n) is 9.15. The molecule has 0 unspecified atom stereocenters. The molecule has 0 atom stereocenters. The lowest BCUT2D eigenvalue weighted by Gasteiger charge is -2.02. The molecular formula is C11H11F2N3S. The summed E-state index contributed by atoms with van der Waals surface area (Å²) in [5.74, 6) is 0.296. The van der Waals surface area contributed by atoms with Crippen LogP contribution in [0.3, 0.4) is 0 Å². The van der Waals surface area contributed by atoms with Crippen molar-refractivity contribution in [3.8, 4) is 0 Å². The highest BCUT2D eigenvalue weighted by atomic mass is 32.2. The van der Waals surface area contributed by atoms with Crippen molar-refractivity contribution >= 4 is 11.8 Å². The number of nitrogens with one attached hydrogen (secondary N) is 1. The first-order chi connectivity index (χ1) is 8.16. The molecule has 0 aliphatic rings. The number of halogens is 2. The van der Waals surface area contributed by atoms with E-state index in [9.17, 15) is 8.78 Å². The van der Waals surface area contributed by atoms with Crippen molar-refractivity contribution in [3.05, 3.63) is 41.2 Å². The van der Waals surface area contributed by atoms with Gasteiger partial charge in [0, 0.05) is 5.75 Å². The lowest BCUT2D eigenvalue weighted by molar-refractivity contribution is 0.140. The maximum atomic E-state index is 12.3. The Kier molecular flexibility index (Phi) is 3.73. The van der Waals surface area contributed by atoms with Crippen molar-refractivity contribution in [2.45, 2.75) is 24.3 Å². The molecule has 0 saturated heterocycles. The Bertz CT molecular complexity index is 499. The van der Waals surface area contributed by atoms with Crippen molar-refractivity contribution in [3.63, 3.8) is 0 Å². The highest BCUT2D eigenvalue weighted by molar-refractivity contribution is 7.98. The Labute approximate surface area is 102 Å². The molecule has 0 fully saturated rings. The summed E-state index contributed by atoms with van der Waals surface area (Å²) in [5, 5.41) is 6.30. The van der Waals surface area contributed by atoms with Gasteiger partial charge in [-0.3, -0.25) is 5.10 Å². The Morgan fingerprint density at radius 1 is 1.35 bits per heavy atom. The second kappa shape index (κ2) is 5.27. The van der Waals surface area contributed by atoms with Gasteiger partial charge in [0.2, 0.25) is 5.16 Å². The van der Waals surface area contributed by atoms with Crippen LogP contribution in [0.1, 0.15) is 23.4 Å². The standard InChI is InChI=1S/C11H11F2N3S/c1-7-4-2-3-5-8(7)6-17-11-14-10(9(12)13)15-16-11/h2-5,9H,6H2,1H3,(H,14,15,16). The predicted octanol–water partition coefficient (Wildman–Crippen LogP) is 3.34. The predicted molar refractivity (Wildman–Crippen MR) is 62.1 cm³/mol. The Morgan fingerprint density at radius 2 is 2.12 bits per heavy atom. The van der Waals surface area contributed by atoms with Gasteiger partial charge in [-0.1, -0.05) is 36.0 Å². The lowest BCUT2D eigenvalue weighted by atomic mass is 10.1. The molecule has 17 heavy (non-hydrogen) atoms. The lowest BCUT2D eigenvalue weighted by Crippen LogP contribution is -1.87. The second-order valence-corrected chi connectivity index (χ2v) is 4.46. The molecule has 0 bridgehead atoms. The molecule has 2 rings (SSSR count). The first-order valence-corrected chi connectivity index (χ1v) is 6.03. The molecule has 1 heterocycles. The van der Waals surface area contributed by atoms with E-state index in [1.807, 2.05) is 31.2 Å². The van der Waals surface area contributed by atoms with E-state index in [-0.39, 0.29) is 5.82 Å². The van der Waals surface area contributed by atoms with Gasteiger partial charge < -0.3 is 0 Å². The number of rotatable bonds is 4. The number of aromatic nitrogens is 3. The van der Waals surface area contributed by atoms with Crippen LogP contribution in [-0.4, -0.2) is 15.2 Å². The normalized spacial score (nSPS) is 11.1. The van der Waals surface area contributed by atoms with Crippen molar-refractivity contribution in [1.29, 1.82) is 0 Å². The summed E-state index contributed by atoms with van der Waals surface area (Å²) >= 11 is 1.34. The molecule has 2 aromatic rings. The van der Waals surface area contributed by atoms with Crippen LogP contribution in [0.25, 0.3) is 0 Å². The number of alkyl halides is 2. The maximum Gasteiger partial charge on any atom is 0.296 e. The van der Waals surface area contributed by atoms with Crippen LogP contribution in [0.15, 0.2) is 29.4 Å². The maximum absolute atomic E-state index is 12.3. The number of hydrogen-bond donors (Lipinski definition) is 1. The fraction of sp³-hybridized carbons (Fsp3) is 0.273. The van der Waals surface area contributed by atoms with E-state index >= 15 is 0 Å². The van der Waals surface area contributed by atoms with E-state index in [0.717, 1.165) is 5.56 Å². The average molecular weight is 255 g/mol. The van der Waals surface area contributed by atoms with E-state index < -0.39 is 6.43 Å².